The maximum atomic E-state index is 11.9. The number of aromatic nitrogens is 2. The van der Waals surface area contributed by atoms with Gasteiger partial charge in [0.05, 0.1) is 10.9 Å². The van der Waals surface area contributed by atoms with Gasteiger partial charge < -0.3 is 15.4 Å². The third-order valence-electron chi connectivity index (χ3n) is 3.59. The minimum Gasteiger partial charge on any atom is -0.388 e. The molecule has 5 nitrogen and oxygen atoms in total. The van der Waals surface area contributed by atoms with Gasteiger partial charge in [0, 0.05) is 6.04 Å². The summed E-state index contributed by atoms with van der Waals surface area (Å²) in [4.78, 5) is 18.8. The Bertz CT molecular complexity index is 663. The summed E-state index contributed by atoms with van der Waals surface area (Å²) in [5.74, 6) is 0.315. The number of hydrogen-bond acceptors (Lipinski definition) is 4. The van der Waals surface area contributed by atoms with Gasteiger partial charge in [-0.1, -0.05) is 0 Å². The first kappa shape index (κ1) is 11.4. The zero-order valence-electron chi connectivity index (χ0n) is 10.2. The minimum atomic E-state index is -0.249. The molecule has 1 aliphatic carbocycles. The third kappa shape index (κ3) is 1.63. The number of nitrogens with zero attached hydrogens (tertiary/aromatic N) is 1. The van der Waals surface area contributed by atoms with E-state index in [2.05, 4.69) is 15.3 Å². The van der Waals surface area contributed by atoms with Crippen LogP contribution >= 0.6 is 0 Å². The van der Waals surface area contributed by atoms with Crippen molar-refractivity contribution < 1.29 is 5.11 Å². The molecule has 1 unspecified atom stereocenters. The first-order chi connectivity index (χ1) is 8.72. The molecule has 3 rings (SSSR count). The van der Waals surface area contributed by atoms with E-state index >= 15 is 0 Å². The summed E-state index contributed by atoms with van der Waals surface area (Å²) in [6.07, 6.45) is 2.05. The molecule has 1 atom stereocenters. The zero-order valence-corrected chi connectivity index (χ0v) is 10.2. The molecule has 1 aliphatic rings. The van der Waals surface area contributed by atoms with Crippen LogP contribution in [0.5, 0.6) is 0 Å². The van der Waals surface area contributed by atoms with Crippen molar-refractivity contribution in [3.63, 3.8) is 0 Å². The molecule has 0 fully saturated rings. The maximum absolute atomic E-state index is 11.9. The molecule has 5 heteroatoms. The number of aromatic amines is 1. The number of benzene rings is 1. The van der Waals surface area contributed by atoms with Crippen molar-refractivity contribution in [2.45, 2.75) is 25.5 Å². The molecule has 1 heterocycles. The molecule has 1 aromatic heterocycles. The van der Waals surface area contributed by atoms with Gasteiger partial charge in [-0.15, -0.1) is 0 Å². The molecular weight excluding hydrogens is 230 g/mol. The second-order valence-electron chi connectivity index (χ2n) is 4.62. The van der Waals surface area contributed by atoms with Crippen LogP contribution in [0.15, 0.2) is 16.9 Å². The van der Waals surface area contributed by atoms with Gasteiger partial charge >= 0.3 is 0 Å². The van der Waals surface area contributed by atoms with Crippen molar-refractivity contribution in [1.29, 1.82) is 0 Å². The van der Waals surface area contributed by atoms with Gasteiger partial charge in [-0.25, -0.2) is 4.98 Å². The Balaban J connectivity index is 2.27. The molecule has 2 aromatic rings. The molecule has 94 valence electrons. The molecule has 0 saturated heterocycles. The van der Waals surface area contributed by atoms with Crippen molar-refractivity contribution in [3.05, 3.63) is 39.4 Å². The molecule has 0 amide bonds. The number of aliphatic hydroxyl groups is 1. The molecule has 18 heavy (non-hydrogen) atoms. The van der Waals surface area contributed by atoms with E-state index in [4.69, 9.17) is 5.11 Å². The van der Waals surface area contributed by atoms with Crippen LogP contribution in [0.2, 0.25) is 0 Å². The monoisotopic (exact) mass is 245 g/mol. The van der Waals surface area contributed by atoms with E-state index in [-0.39, 0.29) is 12.2 Å². The zero-order chi connectivity index (χ0) is 12.7. The van der Waals surface area contributed by atoms with Gasteiger partial charge in [-0.3, -0.25) is 4.79 Å². The Labute approximate surface area is 104 Å². The lowest BCUT2D eigenvalue weighted by atomic mass is 10.1. The average molecular weight is 245 g/mol. The van der Waals surface area contributed by atoms with Gasteiger partial charge in [-0.2, -0.15) is 0 Å². The topological polar surface area (TPSA) is 78.0 Å². The molecule has 1 aromatic carbocycles. The van der Waals surface area contributed by atoms with Crippen molar-refractivity contribution in [3.8, 4) is 0 Å². The van der Waals surface area contributed by atoms with Crippen molar-refractivity contribution in [2.75, 3.05) is 7.05 Å². The SMILES string of the molecule is CNC1CCc2cc3nc(CO)[nH]c(=O)c3cc21. The Morgan fingerprint density at radius 1 is 1.56 bits per heavy atom. The Hall–Kier alpha value is -1.72. The normalized spacial score (nSPS) is 18.2. The largest absolute Gasteiger partial charge is 0.388 e. The van der Waals surface area contributed by atoms with Gasteiger partial charge in [0.25, 0.3) is 5.56 Å². The van der Waals surface area contributed by atoms with Crippen LogP contribution in [-0.4, -0.2) is 22.1 Å². The van der Waals surface area contributed by atoms with Gasteiger partial charge in [-0.05, 0) is 43.1 Å². The number of aryl methyl sites for hydroxylation is 1. The van der Waals surface area contributed by atoms with E-state index in [9.17, 15) is 4.79 Å². The van der Waals surface area contributed by atoms with Crippen LogP contribution in [0.25, 0.3) is 10.9 Å². The molecule has 0 saturated carbocycles. The summed E-state index contributed by atoms with van der Waals surface area (Å²) in [6, 6.07) is 4.21. The van der Waals surface area contributed by atoms with Crippen LogP contribution in [-0.2, 0) is 13.0 Å². The van der Waals surface area contributed by atoms with E-state index in [0.717, 1.165) is 12.8 Å². The molecular formula is C13H15N3O2. The number of nitrogens with one attached hydrogen (secondary N) is 2. The second kappa shape index (κ2) is 4.19. The number of hydrogen-bond donors (Lipinski definition) is 3. The molecule has 0 aliphatic heterocycles. The van der Waals surface area contributed by atoms with E-state index in [1.807, 2.05) is 19.2 Å². The molecule has 3 N–H and O–H groups in total. The summed E-state index contributed by atoms with van der Waals surface area (Å²) < 4.78 is 0. The van der Waals surface area contributed by atoms with Crippen LogP contribution in [0.3, 0.4) is 0 Å². The van der Waals surface area contributed by atoms with Crippen LogP contribution in [0.4, 0.5) is 0 Å². The fourth-order valence-corrected chi connectivity index (χ4v) is 2.67. The predicted molar refractivity (Wildman–Crippen MR) is 68.4 cm³/mol. The third-order valence-corrected chi connectivity index (χ3v) is 3.59. The number of fused-ring (bicyclic) bond motifs is 2. The molecule has 0 radical (unpaired) electrons. The lowest BCUT2D eigenvalue weighted by Gasteiger charge is -2.10. The van der Waals surface area contributed by atoms with E-state index in [0.29, 0.717) is 22.8 Å². The fraction of sp³-hybridized carbons (Fsp3) is 0.385. The van der Waals surface area contributed by atoms with E-state index in [1.165, 1.54) is 11.1 Å². The first-order valence-electron chi connectivity index (χ1n) is 6.06. The van der Waals surface area contributed by atoms with Crippen LogP contribution < -0.4 is 10.9 Å². The lowest BCUT2D eigenvalue weighted by molar-refractivity contribution is 0.271. The number of aliphatic hydroxyl groups excluding tert-OH is 1. The highest BCUT2D eigenvalue weighted by Gasteiger charge is 2.22. The highest BCUT2D eigenvalue weighted by Crippen LogP contribution is 2.32. The second-order valence-corrected chi connectivity index (χ2v) is 4.62. The summed E-state index contributed by atoms with van der Waals surface area (Å²) in [7, 11) is 1.93. The summed E-state index contributed by atoms with van der Waals surface area (Å²) in [5.41, 5.74) is 2.91. The van der Waals surface area contributed by atoms with E-state index in [1.54, 1.807) is 0 Å². The quantitative estimate of drug-likeness (QED) is 0.725. The average Bonchev–Trinajstić information content (AvgIpc) is 2.78. The first-order valence-corrected chi connectivity index (χ1v) is 6.06. The van der Waals surface area contributed by atoms with Crippen molar-refractivity contribution >= 4 is 10.9 Å². The Morgan fingerprint density at radius 3 is 3.11 bits per heavy atom. The number of rotatable bonds is 2. The highest BCUT2D eigenvalue weighted by molar-refractivity contribution is 5.80. The number of H-pyrrole nitrogens is 1. The lowest BCUT2D eigenvalue weighted by Crippen LogP contribution is -2.15. The van der Waals surface area contributed by atoms with Gasteiger partial charge in [0.2, 0.25) is 0 Å². The van der Waals surface area contributed by atoms with Gasteiger partial charge in [0.15, 0.2) is 0 Å². The van der Waals surface area contributed by atoms with Gasteiger partial charge in [0.1, 0.15) is 12.4 Å². The maximum Gasteiger partial charge on any atom is 0.258 e. The molecule has 0 bridgehead atoms. The smallest absolute Gasteiger partial charge is 0.258 e. The van der Waals surface area contributed by atoms with Crippen molar-refractivity contribution in [2.24, 2.45) is 0 Å². The van der Waals surface area contributed by atoms with E-state index < -0.39 is 0 Å². The van der Waals surface area contributed by atoms with Crippen molar-refractivity contribution in [1.82, 2.24) is 15.3 Å². The van der Waals surface area contributed by atoms with Crippen LogP contribution in [0, 0.1) is 0 Å². The predicted octanol–water partition coefficient (Wildman–Crippen LogP) is 0.622. The standard InChI is InChI=1S/C13H15N3O2/c1-14-10-3-2-7-4-11-9(5-8(7)10)13(18)16-12(6-17)15-11/h4-5,10,14,17H,2-3,6H2,1H3,(H,15,16,18). The highest BCUT2D eigenvalue weighted by atomic mass is 16.3. The Kier molecular flexibility index (Phi) is 2.65. The summed E-state index contributed by atoms with van der Waals surface area (Å²) >= 11 is 0. The fourth-order valence-electron chi connectivity index (χ4n) is 2.67. The summed E-state index contributed by atoms with van der Waals surface area (Å²) in [5, 5.41) is 12.9. The summed E-state index contributed by atoms with van der Waals surface area (Å²) in [6.45, 7) is -0.249. The van der Waals surface area contributed by atoms with Crippen LogP contribution in [0.1, 0.15) is 29.4 Å². The molecule has 0 spiro atoms. The Morgan fingerprint density at radius 2 is 2.39 bits per heavy atom. The minimum absolute atomic E-state index is 0.186.